The molecule has 2 fully saturated rings. The minimum absolute atomic E-state index is 0.262. The maximum Gasteiger partial charge on any atom is 0.226 e. The Morgan fingerprint density at radius 2 is 1.75 bits per heavy atom. The molecule has 1 amide bonds. The van der Waals surface area contributed by atoms with Gasteiger partial charge in [0.2, 0.25) is 5.91 Å². The van der Waals surface area contributed by atoms with Gasteiger partial charge in [0.25, 0.3) is 0 Å². The Morgan fingerprint density at radius 3 is 2.33 bits per heavy atom. The monoisotopic (exact) mass is 331 g/mol. The van der Waals surface area contributed by atoms with E-state index >= 15 is 0 Å². The number of carbonyl (C=O) groups is 1. The number of carbonyl (C=O) groups excluding carboxylic acids is 1. The maximum atomic E-state index is 12.7. The highest BCUT2D eigenvalue weighted by molar-refractivity contribution is 5.79. The fraction of sp³-hybridized carbons (Fsp3) is 0.650. The number of quaternary nitrogens is 1. The number of nitrogens with one attached hydrogen (secondary N) is 1. The van der Waals surface area contributed by atoms with E-state index in [0.29, 0.717) is 5.91 Å². The number of nitrogens with zero attached hydrogens (tertiary/aromatic N) is 1. The average Bonchev–Trinajstić information content (AvgIpc) is 2.63. The fourth-order valence-corrected chi connectivity index (χ4v) is 3.97. The van der Waals surface area contributed by atoms with E-state index in [2.05, 4.69) is 24.0 Å². The van der Waals surface area contributed by atoms with E-state index in [1.54, 1.807) is 12.0 Å². The van der Waals surface area contributed by atoms with Gasteiger partial charge in [0.05, 0.1) is 20.2 Å². The second-order valence-electron chi connectivity index (χ2n) is 7.56. The molecule has 4 nitrogen and oxygen atoms in total. The predicted octanol–water partition coefficient (Wildman–Crippen LogP) is 1.75. The molecule has 0 atom stereocenters. The maximum absolute atomic E-state index is 12.7. The first-order chi connectivity index (χ1) is 11.7. The van der Waals surface area contributed by atoms with Crippen LogP contribution in [-0.2, 0) is 11.3 Å². The van der Waals surface area contributed by atoms with Crippen molar-refractivity contribution in [3.63, 3.8) is 0 Å². The molecule has 1 aromatic carbocycles. The van der Waals surface area contributed by atoms with Crippen LogP contribution < -0.4 is 9.64 Å². The second-order valence-corrected chi connectivity index (χ2v) is 7.56. The van der Waals surface area contributed by atoms with Crippen LogP contribution in [-0.4, -0.2) is 44.1 Å². The number of methoxy groups -OCH3 is 1. The first-order valence-corrected chi connectivity index (χ1v) is 9.41. The Balaban J connectivity index is 1.45. The van der Waals surface area contributed by atoms with E-state index in [1.165, 1.54) is 18.4 Å². The minimum Gasteiger partial charge on any atom is -0.497 e. The van der Waals surface area contributed by atoms with Crippen molar-refractivity contribution < 1.29 is 14.4 Å². The largest absolute Gasteiger partial charge is 0.497 e. The standard InChI is InChI=1S/C20H30N2O2/c1-16-7-13-22(14-8-16)20(23)18-9-11-21(12-10-18)15-17-3-5-19(24-2)6-4-17/h3-6,16,18H,7-15H2,1-2H3/p+1. The average molecular weight is 331 g/mol. The Kier molecular flexibility index (Phi) is 5.77. The van der Waals surface area contributed by atoms with Crippen LogP contribution in [0.15, 0.2) is 24.3 Å². The molecule has 4 heteroatoms. The SMILES string of the molecule is COc1ccc(C[NH+]2CCC(C(=O)N3CCC(C)CC3)CC2)cc1. The smallest absolute Gasteiger partial charge is 0.226 e. The van der Waals surface area contributed by atoms with Crippen molar-refractivity contribution in [2.75, 3.05) is 33.3 Å². The van der Waals surface area contributed by atoms with Gasteiger partial charge < -0.3 is 14.5 Å². The lowest BCUT2D eigenvalue weighted by Crippen LogP contribution is -3.11. The van der Waals surface area contributed by atoms with Crippen molar-refractivity contribution in [3.8, 4) is 5.75 Å². The molecule has 2 heterocycles. The third-order valence-corrected chi connectivity index (χ3v) is 5.75. The van der Waals surface area contributed by atoms with Crippen molar-refractivity contribution in [2.45, 2.75) is 39.2 Å². The molecular weight excluding hydrogens is 300 g/mol. The van der Waals surface area contributed by atoms with Gasteiger partial charge in [-0.1, -0.05) is 6.92 Å². The van der Waals surface area contributed by atoms with Crippen LogP contribution in [0.1, 0.15) is 38.2 Å². The van der Waals surface area contributed by atoms with Gasteiger partial charge in [-0.2, -0.15) is 0 Å². The summed E-state index contributed by atoms with van der Waals surface area (Å²) >= 11 is 0. The summed E-state index contributed by atoms with van der Waals surface area (Å²) in [6.07, 6.45) is 4.42. The molecule has 0 aromatic heterocycles. The number of ether oxygens (including phenoxy) is 1. The molecule has 24 heavy (non-hydrogen) atoms. The van der Waals surface area contributed by atoms with E-state index in [0.717, 1.165) is 57.2 Å². The third kappa shape index (κ3) is 4.29. The highest BCUT2D eigenvalue weighted by Gasteiger charge is 2.31. The number of rotatable bonds is 4. The van der Waals surface area contributed by atoms with Crippen LogP contribution in [0.5, 0.6) is 5.75 Å². The Labute approximate surface area is 145 Å². The quantitative estimate of drug-likeness (QED) is 0.912. The van der Waals surface area contributed by atoms with Gasteiger partial charge in [0, 0.05) is 37.4 Å². The van der Waals surface area contributed by atoms with E-state index < -0.39 is 0 Å². The van der Waals surface area contributed by atoms with Crippen molar-refractivity contribution in [3.05, 3.63) is 29.8 Å². The second kappa shape index (κ2) is 8.02. The molecule has 1 aromatic rings. The molecule has 0 radical (unpaired) electrons. The summed E-state index contributed by atoms with van der Waals surface area (Å²) < 4.78 is 5.21. The van der Waals surface area contributed by atoms with E-state index in [-0.39, 0.29) is 5.92 Å². The molecular formula is C20H31N2O2+. The van der Waals surface area contributed by atoms with Crippen LogP contribution in [0.25, 0.3) is 0 Å². The van der Waals surface area contributed by atoms with E-state index in [4.69, 9.17) is 4.74 Å². The Bertz CT molecular complexity index is 527. The molecule has 2 aliphatic rings. The predicted molar refractivity (Wildman–Crippen MR) is 95.1 cm³/mol. The Hall–Kier alpha value is -1.55. The van der Waals surface area contributed by atoms with Gasteiger partial charge in [-0.3, -0.25) is 4.79 Å². The molecule has 2 aliphatic heterocycles. The van der Waals surface area contributed by atoms with Gasteiger partial charge in [-0.15, -0.1) is 0 Å². The topological polar surface area (TPSA) is 34.0 Å². The summed E-state index contributed by atoms with van der Waals surface area (Å²) in [5.74, 6) is 2.38. The molecule has 132 valence electrons. The number of hydrogen-bond acceptors (Lipinski definition) is 2. The van der Waals surface area contributed by atoms with Crippen LogP contribution >= 0.6 is 0 Å². The lowest BCUT2D eigenvalue weighted by Gasteiger charge is -2.35. The van der Waals surface area contributed by atoms with Gasteiger partial charge in [-0.05, 0) is 43.0 Å². The Morgan fingerprint density at radius 1 is 1.12 bits per heavy atom. The molecule has 1 N–H and O–H groups in total. The molecule has 3 rings (SSSR count). The van der Waals surface area contributed by atoms with Gasteiger partial charge in [0.15, 0.2) is 0 Å². The number of benzene rings is 1. The summed E-state index contributed by atoms with van der Waals surface area (Å²) in [6, 6.07) is 8.36. The van der Waals surface area contributed by atoms with Gasteiger partial charge >= 0.3 is 0 Å². The van der Waals surface area contributed by atoms with Crippen molar-refractivity contribution in [1.29, 1.82) is 0 Å². The van der Waals surface area contributed by atoms with Crippen LogP contribution in [0.3, 0.4) is 0 Å². The van der Waals surface area contributed by atoms with E-state index in [1.807, 2.05) is 12.1 Å². The highest BCUT2D eigenvalue weighted by Crippen LogP contribution is 2.21. The van der Waals surface area contributed by atoms with Crippen molar-refractivity contribution in [1.82, 2.24) is 4.90 Å². The van der Waals surface area contributed by atoms with Crippen LogP contribution in [0.2, 0.25) is 0 Å². The summed E-state index contributed by atoms with van der Waals surface area (Å²) in [6.45, 7) is 7.49. The zero-order valence-electron chi connectivity index (χ0n) is 15.1. The minimum atomic E-state index is 0.262. The zero-order valence-corrected chi connectivity index (χ0v) is 15.1. The number of likely N-dealkylation sites (tertiary alicyclic amines) is 2. The molecule has 0 unspecified atom stereocenters. The first-order valence-electron chi connectivity index (χ1n) is 9.41. The lowest BCUT2D eigenvalue weighted by atomic mass is 9.92. The van der Waals surface area contributed by atoms with Gasteiger partial charge in [-0.25, -0.2) is 0 Å². The normalized spacial score (nSPS) is 25.5. The molecule has 0 bridgehead atoms. The fourth-order valence-electron chi connectivity index (χ4n) is 3.97. The summed E-state index contributed by atoms with van der Waals surface area (Å²) in [7, 11) is 1.70. The molecule has 0 spiro atoms. The molecule has 0 saturated carbocycles. The summed E-state index contributed by atoms with van der Waals surface area (Å²) in [5, 5.41) is 0. The van der Waals surface area contributed by atoms with Gasteiger partial charge in [0.1, 0.15) is 12.3 Å². The van der Waals surface area contributed by atoms with Crippen LogP contribution in [0.4, 0.5) is 0 Å². The lowest BCUT2D eigenvalue weighted by molar-refractivity contribution is -0.919. The van der Waals surface area contributed by atoms with E-state index in [9.17, 15) is 4.79 Å². The van der Waals surface area contributed by atoms with Crippen molar-refractivity contribution >= 4 is 5.91 Å². The first kappa shape index (κ1) is 17.3. The summed E-state index contributed by atoms with van der Waals surface area (Å²) in [4.78, 5) is 16.4. The number of hydrogen-bond donors (Lipinski definition) is 1. The van der Waals surface area contributed by atoms with Crippen LogP contribution in [0, 0.1) is 11.8 Å². The molecule has 0 aliphatic carbocycles. The van der Waals surface area contributed by atoms with Crippen molar-refractivity contribution in [2.24, 2.45) is 11.8 Å². The zero-order chi connectivity index (χ0) is 16.9. The highest BCUT2D eigenvalue weighted by atomic mass is 16.5. The number of amides is 1. The molecule has 2 saturated heterocycles. The summed E-state index contributed by atoms with van der Waals surface area (Å²) in [5.41, 5.74) is 1.35. The third-order valence-electron chi connectivity index (χ3n) is 5.75. The number of piperidine rings is 2.